The molecule has 0 bridgehead atoms. The second-order valence-corrected chi connectivity index (χ2v) is 5.79. The minimum atomic E-state index is -0.718. The van der Waals surface area contributed by atoms with Crippen molar-refractivity contribution in [3.05, 3.63) is 62.8 Å². The number of benzene rings is 3. The number of phenols is 1. The minimum absolute atomic E-state index is 0.0107. The average Bonchev–Trinajstić information content (AvgIpc) is 2.62. The van der Waals surface area contributed by atoms with E-state index in [0.29, 0.717) is 27.1 Å². The molecule has 5 heteroatoms. The third kappa shape index (κ3) is 1.58. The molecule has 5 nitrogen and oxygen atoms in total. The molecule has 0 amide bonds. The molecule has 118 valence electrons. The molecule has 0 aliphatic rings. The van der Waals surface area contributed by atoms with E-state index in [-0.39, 0.29) is 27.7 Å². The van der Waals surface area contributed by atoms with Crippen LogP contribution in [0, 0.1) is 12.3 Å². The molecule has 1 N–H and O–H groups in total. The molecule has 0 saturated heterocycles. The third-order valence-corrected chi connectivity index (χ3v) is 4.48. The van der Waals surface area contributed by atoms with Crippen LogP contribution in [-0.2, 0) is 0 Å². The first-order valence-corrected chi connectivity index (χ1v) is 7.47. The van der Waals surface area contributed by atoms with Gasteiger partial charge in [-0.2, -0.15) is 0 Å². The summed E-state index contributed by atoms with van der Waals surface area (Å²) in [6.07, 6.45) is 5.41. The van der Waals surface area contributed by atoms with Crippen molar-refractivity contribution in [3.8, 4) is 18.1 Å². The highest BCUT2D eigenvalue weighted by atomic mass is 16.4. The van der Waals surface area contributed by atoms with Gasteiger partial charge in [0.25, 0.3) is 0 Å². The quantitative estimate of drug-likeness (QED) is 0.204. The highest BCUT2D eigenvalue weighted by molar-refractivity contribution is 6.27. The highest BCUT2D eigenvalue weighted by Gasteiger charge is 2.23. The second-order valence-electron chi connectivity index (χ2n) is 5.79. The number of aromatic hydroxyl groups is 1. The second kappa shape index (κ2) is 4.40. The Labute approximate surface area is 139 Å². The van der Waals surface area contributed by atoms with Gasteiger partial charge in [0.05, 0.1) is 5.39 Å². The van der Waals surface area contributed by atoms with Gasteiger partial charge in [0, 0.05) is 27.1 Å². The van der Waals surface area contributed by atoms with Gasteiger partial charge in [-0.25, -0.2) is 9.59 Å². The van der Waals surface area contributed by atoms with Crippen LogP contribution in [0.25, 0.3) is 43.5 Å². The number of hydrogen-bond donors (Lipinski definition) is 1. The van der Waals surface area contributed by atoms with Crippen LogP contribution in [0.4, 0.5) is 0 Å². The van der Waals surface area contributed by atoms with Gasteiger partial charge in [0.15, 0.2) is 0 Å². The Morgan fingerprint density at radius 3 is 2.40 bits per heavy atom. The number of rotatable bonds is 0. The predicted molar refractivity (Wildman–Crippen MR) is 94.3 cm³/mol. The van der Waals surface area contributed by atoms with Crippen molar-refractivity contribution >= 4 is 43.5 Å². The van der Waals surface area contributed by atoms with Crippen LogP contribution >= 0.6 is 0 Å². The first-order chi connectivity index (χ1) is 12.1. The molecule has 0 aliphatic heterocycles. The molecule has 5 rings (SSSR count). The Bertz CT molecular complexity index is 1500. The lowest BCUT2D eigenvalue weighted by Gasteiger charge is -2.12. The van der Waals surface area contributed by atoms with Crippen molar-refractivity contribution in [2.24, 2.45) is 0 Å². The molecule has 3 aromatic carbocycles. The van der Waals surface area contributed by atoms with E-state index in [1.807, 2.05) is 0 Å². The monoisotopic (exact) mass is 328 g/mol. The Morgan fingerprint density at radius 2 is 1.64 bits per heavy atom. The van der Waals surface area contributed by atoms with Crippen LogP contribution in [0.15, 0.2) is 54.8 Å². The molecule has 0 saturated carbocycles. The summed E-state index contributed by atoms with van der Waals surface area (Å²) < 4.78 is 10.9. The topological polar surface area (TPSA) is 80.7 Å². The molecule has 0 atom stereocenters. The van der Waals surface area contributed by atoms with E-state index >= 15 is 0 Å². The van der Waals surface area contributed by atoms with Gasteiger partial charge < -0.3 is 13.9 Å². The summed E-state index contributed by atoms with van der Waals surface area (Å²) in [6.45, 7) is 0. The maximum atomic E-state index is 12.5. The lowest BCUT2D eigenvalue weighted by Crippen LogP contribution is -2.07. The van der Waals surface area contributed by atoms with Crippen molar-refractivity contribution in [2.75, 3.05) is 0 Å². The van der Waals surface area contributed by atoms with E-state index in [1.165, 1.54) is 12.1 Å². The Balaban J connectivity index is 2.29. The van der Waals surface area contributed by atoms with Crippen molar-refractivity contribution in [1.82, 2.24) is 0 Å². The SMILES string of the molecule is C#Cc1cc2oc(=O)c3c(O)c4ccccc4c4oc(=O)c(c1)c2c34. The van der Waals surface area contributed by atoms with Crippen LogP contribution in [0.2, 0.25) is 0 Å². The first kappa shape index (κ1) is 13.6. The van der Waals surface area contributed by atoms with Crippen LogP contribution in [0.5, 0.6) is 5.75 Å². The zero-order chi connectivity index (χ0) is 17.3. The van der Waals surface area contributed by atoms with Gasteiger partial charge in [-0.05, 0) is 12.1 Å². The van der Waals surface area contributed by atoms with Crippen molar-refractivity contribution in [2.45, 2.75) is 0 Å². The number of hydrogen-bond acceptors (Lipinski definition) is 5. The van der Waals surface area contributed by atoms with Crippen molar-refractivity contribution in [1.29, 1.82) is 0 Å². The number of fused-ring (bicyclic) bond motifs is 2. The highest BCUT2D eigenvalue weighted by Crippen LogP contribution is 2.41. The predicted octanol–water partition coefficient (Wildman–Crippen LogP) is 3.33. The van der Waals surface area contributed by atoms with Crippen molar-refractivity contribution < 1.29 is 13.9 Å². The van der Waals surface area contributed by atoms with Crippen LogP contribution in [-0.4, -0.2) is 5.11 Å². The lowest BCUT2D eigenvalue weighted by atomic mass is 9.97. The molecule has 2 heterocycles. The van der Waals surface area contributed by atoms with Gasteiger partial charge in [-0.15, -0.1) is 6.42 Å². The van der Waals surface area contributed by atoms with E-state index in [9.17, 15) is 14.7 Å². The number of phenolic OH excluding ortho intramolecular Hbond substituents is 1. The summed E-state index contributed by atoms with van der Waals surface area (Å²) in [5.41, 5.74) is -0.469. The third-order valence-electron chi connectivity index (χ3n) is 4.48. The van der Waals surface area contributed by atoms with E-state index < -0.39 is 11.3 Å². The molecule has 25 heavy (non-hydrogen) atoms. The van der Waals surface area contributed by atoms with E-state index in [0.717, 1.165) is 0 Å². The Morgan fingerprint density at radius 1 is 0.880 bits per heavy atom. The summed E-state index contributed by atoms with van der Waals surface area (Å²) in [5, 5.41) is 12.6. The molecular formula is C20H8O5. The molecule has 5 aromatic rings. The zero-order valence-electron chi connectivity index (χ0n) is 12.6. The molecule has 0 unspecified atom stereocenters. The molecular weight excluding hydrogens is 320 g/mol. The number of terminal acetylenes is 1. The summed E-state index contributed by atoms with van der Waals surface area (Å²) in [4.78, 5) is 25.0. The van der Waals surface area contributed by atoms with Gasteiger partial charge in [-0.3, -0.25) is 0 Å². The smallest absolute Gasteiger partial charge is 0.348 e. The standard InChI is InChI=1S/C20H8O5/c1-2-9-7-12-14-13(8-9)24-20(23)16-15(14)18(25-19(12)22)11-6-4-3-5-10(11)17(16)21/h1,3-8,21H. The van der Waals surface area contributed by atoms with Crippen LogP contribution < -0.4 is 11.3 Å². The summed E-state index contributed by atoms with van der Waals surface area (Å²) in [6, 6.07) is 9.89. The fourth-order valence-corrected chi connectivity index (χ4v) is 3.43. The van der Waals surface area contributed by atoms with Crippen LogP contribution in [0.1, 0.15) is 5.56 Å². The Hall–Kier alpha value is -3.78. The first-order valence-electron chi connectivity index (χ1n) is 7.47. The molecule has 0 spiro atoms. The normalized spacial score (nSPS) is 11.6. The van der Waals surface area contributed by atoms with Gasteiger partial charge in [0.2, 0.25) is 0 Å². The fourth-order valence-electron chi connectivity index (χ4n) is 3.43. The van der Waals surface area contributed by atoms with Gasteiger partial charge >= 0.3 is 11.3 Å². The van der Waals surface area contributed by atoms with Crippen LogP contribution in [0.3, 0.4) is 0 Å². The van der Waals surface area contributed by atoms with Gasteiger partial charge in [0.1, 0.15) is 22.3 Å². The average molecular weight is 328 g/mol. The van der Waals surface area contributed by atoms with E-state index in [2.05, 4.69) is 5.92 Å². The molecule has 0 aliphatic carbocycles. The summed E-state index contributed by atoms with van der Waals surface area (Å²) in [7, 11) is 0. The largest absolute Gasteiger partial charge is 0.506 e. The molecule has 2 aromatic heterocycles. The van der Waals surface area contributed by atoms with E-state index in [1.54, 1.807) is 24.3 Å². The fraction of sp³-hybridized carbons (Fsp3) is 0. The van der Waals surface area contributed by atoms with Gasteiger partial charge in [-0.1, -0.05) is 30.2 Å². The molecule has 0 radical (unpaired) electrons. The lowest BCUT2D eigenvalue weighted by molar-refractivity contribution is 0.483. The maximum absolute atomic E-state index is 12.5. The molecule has 0 fully saturated rings. The zero-order valence-corrected chi connectivity index (χ0v) is 12.6. The summed E-state index contributed by atoms with van der Waals surface area (Å²) >= 11 is 0. The minimum Gasteiger partial charge on any atom is -0.506 e. The van der Waals surface area contributed by atoms with E-state index in [4.69, 9.17) is 15.3 Å². The maximum Gasteiger partial charge on any atom is 0.348 e. The summed E-state index contributed by atoms with van der Waals surface area (Å²) in [5.74, 6) is 2.23. The Kier molecular flexibility index (Phi) is 2.40. The van der Waals surface area contributed by atoms with Crippen molar-refractivity contribution in [3.63, 3.8) is 0 Å².